The Balaban J connectivity index is 1.89. The van der Waals surface area contributed by atoms with Gasteiger partial charge in [-0.3, -0.25) is 5.43 Å². The molecule has 5 nitrogen and oxygen atoms in total. The normalized spacial score (nSPS) is 11.2. The molecule has 0 radical (unpaired) electrons. The van der Waals surface area contributed by atoms with E-state index in [0.717, 1.165) is 17.0 Å². The average Bonchev–Trinajstić information content (AvgIpc) is 2.62. The fourth-order valence-corrected chi connectivity index (χ4v) is 2.20. The van der Waals surface area contributed by atoms with Crippen molar-refractivity contribution >= 4 is 28.7 Å². The standard InChI is InChI=1S/C18H19F2N3O2S/c1-3-24-15-10-6-14(7-11-15)21-18(26)23-22-12(2)13-4-8-16(9-5-13)25-17(19)20/h4-11,17H,3H2,1-2H3,(H2,21,23,26)/b22-12+. The van der Waals surface area contributed by atoms with Crippen LogP contribution in [0.2, 0.25) is 0 Å². The van der Waals surface area contributed by atoms with Gasteiger partial charge in [-0.15, -0.1) is 0 Å². The number of thiocarbonyl (C=S) groups is 1. The van der Waals surface area contributed by atoms with Crippen LogP contribution in [-0.2, 0) is 0 Å². The second kappa shape index (κ2) is 9.67. The zero-order chi connectivity index (χ0) is 18.9. The summed E-state index contributed by atoms with van der Waals surface area (Å²) in [6.45, 7) is 1.46. The van der Waals surface area contributed by atoms with Crippen molar-refractivity contribution in [1.29, 1.82) is 0 Å². The summed E-state index contributed by atoms with van der Waals surface area (Å²) in [6, 6.07) is 13.6. The van der Waals surface area contributed by atoms with Gasteiger partial charge in [0.1, 0.15) is 11.5 Å². The highest BCUT2D eigenvalue weighted by Crippen LogP contribution is 2.16. The molecule has 0 unspecified atom stereocenters. The molecule has 0 bridgehead atoms. The highest BCUT2D eigenvalue weighted by Gasteiger charge is 2.05. The Morgan fingerprint density at radius 3 is 2.27 bits per heavy atom. The third-order valence-corrected chi connectivity index (χ3v) is 3.44. The number of nitrogens with one attached hydrogen (secondary N) is 2. The number of halogens is 2. The Hall–Kier alpha value is -2.74. The zero-order valence-corrected chi connectivity index (χ0v) is 15.1. The van der Waals surface area contributed by atoms with Crippen LogP contribution in [0.3, 0.4) is 0 Å². The van der Waals surface area contributed by atoms with Crippen molar-refractivity contribution in [1.82, 2.24) is 5.43 Å². The van der Waals surface area contributed by atoms with Gasteiger partial charge in [0.25, 0.3) is 0 Å². The molecule has 0 atom stereocenters. The minimum Gasteiger partial charge on any atom is -0.494 e. The van der Waals surface area contributed by atoms with E-state index in [2.05, 4.69) is 20.6 Å². The van der Waals surface area contributed by atoms with E-state index in [0.29, 0.717) is 17.4 Å². The molecule has 2 aromatic rings. The molecule has 8 heteroatoms. The van der Waals surface area contributed by atoms with Crippen LogP contribution in [0.15, 0.2) is 53.6 Å². The smallest absolute Gasteiger partial charge is 0.387 e. The number of alkyl halides is 2. The highest BCUT2D eigenvalue weighted by atomic mass is 32.1. The van der Waals surface area contributed by atoms with E-state index in [4.69, 9.17) is 17.0 Å². The molecule has 2 N–H and O–H groups in total. The Morgan fingerprint density at radius 1 is 1.08 bits per heavy atom. The fourth-order valence-electron chi connectivity index (χ4n) is 2.04. The summed E-state index contributed by atoms with van der Waals surface area (Å²) in [5.74, 6) is 0.877. The Labute approximate surface area is 156 Å². The number of ether oxygens (including phenoxy) is 2. The van der Waals surface area contributed by atoms with Crippen LogP contribution >= 0.6 is 12.2 Å². The predicted molar refractivity (Wildman–Crippen MR) is 102 cm³/mol. The molecule has 2 aromatic carbocycles. The highest BCUT2D eigenvalue weighted by molar-refractivity contribution is 7.80. The summed E-state index contributed by atoms with van der Waals surface area (Å²) in [7, 11) is 0. The van der Waals surface area contributed by atoms with Gasteiger partial charge in [0, 0.05) is 5.69 Å². The second-order valence-corrected chi connectivity index (χ2v) is 5.53. The lowest BCUT2D eigenvalue weighted by Gasteiger charge is -2.09. The third-order valence-electron chi connectivity index (χ3n) is 3.25. The molecule has 0 saturated carbocycles. The molecule has 0 amide bonds. The molecular formula is C18H19F2N3O2S. The van der Waals surface area contributed by atoms with E-state index >= 15 is 0 Å². The molecular weight excluding hydrogens is 360 g/mol. The van der Waals surface area contributed by atoms with E-state index in [1.165, 1.54) is 12.1 Å². The van der Waals surface area contributed by atoms with Crippen molar-refractivity contribution in [2.24, 2.45) is 5.10 Å². The summed E-state index contributed by atoms with van der Waals surface area (Å²) in [5.41, 5.74) is 4.94. The van der Waals surface area contributed by atoms with Crippen molar-refractivity contribution in [2.45, 2.75) is 20.5 Å². The van der Waals surface area contributed by atoms with Crippen LogP contribution in [0.5, 0.6) is 11.5 Å². The van der Waals surface area contributed by atoms with Crippen molar-refractivity contribution in [3.05, 3.63) is 54.1 Å². The first kappa shape index (κ1) is 19.6. The first-order chi connectivity index (χ1) is 12.5. The first-order valence-electron chi connectivity index (χ1n) is 7.87. The quantitative estimate of drug-likeness (QED) is 0.424. The van der Waals surface area contributed by atoms with Crippen LogP contribution in [0, 0.1) is 0 Å². The molecule has 0 heterocycles. The molecule has 0 aliphatic heterocycles. The van der Waals surface area contributed by atoms with Gasteiger partial charge in [0.15, 0.2) is 5.11 Å². The van der Waals surface area contributed by atoms with E-state index in [1.807, 2.05) is 31.2 Å². The predicted octanol–water partition coefficient (Wildman–Crippen LogP) is 4.40. The lowest BCUT2D eigenvalue weighted by Crippen LogP contribution is -2.24. The molecule has 0 aromatic heterocycles. The van der Waals surface area contributed by atoms with Crippen molar-refractivity contribution in [3.63, 3.8) is 0 Å². The third kappa shape index (κ3) is 6.29. The number of hydrazone groups is 1. The molecule has 26 heavy (non-hydrogen) atoms. The number of anilines is 1. The van der Waals surface area contributed by atoms with Gasteiger partial charge in [-0.25, -0.2) is 0 Å². The lowest BCUT2D eigenvalue weighted by atomic mass is 10.1. The largest absolute Gasteiger partial charge is 0.494 e. The van der Waals surface area contributed by atoms with Crippen molar-refractivity contribution in [3.8, 4) is 11.5 Å². The van der Waals surface area contributed by atoms with Gasteiger partial charge in [0.05, 0.1) is 12.3 Å². The number of hydrogen-bond acceptors (Lipinski definition) is 4. The van der Waals surface area contributed by atoms with Crippen LogP contribution in [0.4, 0.5) is 14.5 Å². The number of hydrogen-bond donors (Lipinski definition) is 2. The van der Waals surface area contributed by atoms with E-state index in [1.54, 1.807) is 19.1 Å². The Bertz CT molecular complexity index is 750. The van der Waals surface area contributed by atoms with Gasteiger partial charge in [-0.2, -0.15) is 13.9 Å². The summed E-state index contributed by atoms with van der Waals surface area (Å²) in [5, 5.41) is 7.51. The van der Waals surface area contributed by atoms with Gasteiger partial charge in [-0.1, -0.05) is 0 Å². The summed E-state index contributed by atoms with van der Waals surface area (Å²) >= 11 is 5.19. The van der Waals surface area contributed by atoms with Gasteiger partial charge in [-0.05, 0) is 80.2 Å². The van der Waals surface area contributed by atoms with E-state index < -0.39 is 6.61 Å². The van der Waals surface area contributed by atoms with Crippen LogP contribution in [0.1, 0.15) is 19.4 Å². The molecule has 0 saturated heterocycles. The number of rotatable bonds is 7. The Morgan fingerprint density at radius 2 is 1.69 bits per heavy atom. The van der Waals surface area contributed by atoms with Crippen molar-refractivity contribution in [2.75, 3.05) is 11.9 Å². The van der Waals surface area contributed by atoms with Crippen molar-refractivity contribution < 1.29 is 18.3 Å². The number of benzene rings is 2. The van der Waals surface area contributed by atoms with Gasteiger partial charge in [0.2, 0.25) is 0 Å². The molecule has 0 aliphatic carbocycles. The average molecular weight is 379 g/mol. The maximum atomic E-state index is 12.1. The molecule has 0 spiro atoms. The summed E-state index contributed by atoms with van der Waals surface area (Å²) < 4.78 is 34.0. The van der Waals surface area contributed by atoms with Crippen LogP contribution < -0.4 is 20.2 Å². The Kier molecular flexibility index (Phi) is 7.28. The number of nitrogens with zero attached hydrogens (tertiary/aromatic N) is 1. The van der Waals surface area contributed by atoms with Gasteiger partial charge >= 0.3 is 6.61 Å². The summed E-state index contributed by atoms with van der Waals surface area (Å²) in [6.07, 6.45) is 0. The zero-order valence-electron chi connectivity index (χ0n) is 14.3. The fraction of sp³-hybridized carbons (Fsp3) is 0.222. The van der Waals surface area contributed by atoms with E-state index in [9.17, 15) is 8.78 Å². The molecule has 0 aliphatic rings. The summed E-state index contributed by atoms with van der Waals surface area (Å²) in [4.78, 5) is 0. The minimum absolute atomic E-state index is 0.0946. The maximum absolute atomic E-state index is 12.1. The molecule has 138 valence electrons. The SMILES string of the molecule is CCOc1ccc(NC(=S)N/N=C(\C)c2ccc(OC(F)F)cc2)cc1. The molecule has 0 fully saturated rings. The topological polar surface area (TPSA) is 54.9 Å². The molecule has 2 rings (SSSR count). The van der Waals surface area contributed by atoms with Crippen LogP contribution in [0.25, 0.3) is 0 Å². The second-order valence-electron chi connectivity index (χ2n) is 5.12. The monoisotopic (exact) mass is 379 g/mol. The van der Waals surface area contributed by atoms with Crippen LogP contribution in [-0.4, -0.2) is 24.0 Å². The lowest BCUT2D eigenvalue weighted by molar-refractivity contribution is -0.0498. The first-order valence-corrected chi connectivity index (χ1v) is 8.28. The minimum atomic E-state index is -2.84. The van der Waals surface area contributed by atoms with E-state index in [-0.39, 0.29) is 5.75 Å². The maximum Gasteiger partial charge on any atom is 0.387 e. The van der Waals surface area contributed by atoms with Gasteiger partial charge < -0.3 is 14.8 Å².